The monoisotopic (exact) mass is 315 g/mol. The summed E-state index contributed by atoms with van der Waals surface area (Å²) in [5.74, 6) is -0.163. The number of tetrazole rings is 1. The quantitative estimate of drug-likeness (QED) is 0.585. The number of nitro benzene ring substituents is 1. The Labute approximate surface area is 129 Å². The number of hydrogen-bond acceptors (Lipinski definition) is 6. The number of halogens is 1. The van der Waals surface area contributed by atoms with Crippen LogP contribution in [-0.2, 0) is 0 Å². The lowest BCUT2D eigenvalue weighted by molar-refractivity contribution is -0.387. The number of nitro groups is 1. The van der Waals surface area contributed by atoms with Crippen LogP contribution in [0.3, 0.4) is 0 Å². The SMILES string of the molecule is COc1ccc(-c2cc(F)c([N+](=O)[O-])cc2-c2nn[nH]n2)cc1. The average Bonchev–Trinajstić information content (AvgIpc) is 3.08. The number of hydrogen-bond donors (Lipinski definition) is 1. The maximum absolute atomic E-state index is 14.0. The van der Waals surface area contributed by atoms with Crippen LogP contribution >= 0.6 is 0 Å². The molecular formula is C14H10FN5O3. The molecule has 3 rings (SSSR count). The number of benzene rings is 2. The predicted octanol–water partition coefficient (Wildman–Crippen LogP) is 2.59. The molecule has 0 bridgehead atoms. The van der Waals surface area contributed by atoms with Gasteiger partial charge in [0, 0.05) is 11.6 Å². The summed E-state index contributed by atoms with van der Waals surface area (Å²) in [5.41, 5.74) is 0.704. The summed E-state index contributed by atoms with van der Waals surface area (Å²) in [6.07, 6.45) is 0. The minimum absolute atomic E-state index is 0.138. The number of H-pyrrole nitrogens is 1. The smallest absolute Gasteiger partial charge is 0.305 e. The molecule has 0 spiro atoms. The van der Waals surface area contributed by atoms with E-state index in [1.165, 1.54) is 7.11 Å². The van der Waals surface area contributed by atoms with Gasteiger partial charge in [0.15, 0.2) is 0 Å². The van der Waals surface area contributed by atoms with Gasteiger partial charge in [0.05, 0.1) is 12.0 Å². The zero-order valence-corrected chi connectivity index (χ0v) is 11.9. The number of methoxy groups -OCH3 is 1. The van der Waals surface area contributed by atoms with E-state index in [-0.39, 0.29) is 5.82 Å². The van der Waals surface area contributed by atoms with Gasteiger partial charge in [-0.3, -0.25) is 10.1 Å². The van der Waals surface area contributed by atoms with Crippen molar-refractivity contribution < 1.29 is 14.1 Å². The second kappa shape index (κ2) is 5.79. The number of rotatable bonds is 4. The highest BCUT2D eigenvalue weighted by Crippen LogP contribution is 2.35. The van der Waals surface area contributed by atoms with Crippen LogP contribution in [0.1, 0.15) is 0 Å². The van der Waals surface area contributed by atoms with Crippen molar-refractivity contribution in [3.8, 4) is 28.3 Å². The molecule has 0 unspecified atom stereocenters. The van der Waals surface area contributed by atoms with E-state index < -0.39 is 16.4 Å². The van der Waals surface area contributed by atoms with Gasteiger partial charge in [-0.1, -0.05) is 12.1 Å². The minimum atomic E-state index is -0.937. The van der Waals surface area contributed by atoms with Gasteiger partial charge in [-0.25, -0.2) is 0 Å². The molecular weight excluding hydrogens is 305 g/mol. The van der Waals surface area contributed by atoms with Crippen LogP contribution < -0.4 is 4.74 Å². The predicted molar refractivity (Wildman–Crippen MR) is 78.2 cm³/mol. The molecule has 1 heterocycles. The first kappa shape index (κ1) is 14.6. The van der Waals surface area contributed by atoms with E-state index in [9.17, 15) is 14.5 Å². The molecule has 0 atom stereocenters. The van der Waals surface area contributed by atoms with Crippen molar-refractivity contribution in [3.05, 3.63) is 52.3 Å². The normalized spacial score (nSPS) is 10.5. The molecule has 0 saturated carbocycles. The number of aromatic nitrogens is 4. The molecule has 0 saturated heterocycles. The largest absolute Gasteiger partial charge is 0.497 e. The molecule has 0 aliphatic rings. The zero-order valence-electron chi connectivity index (χ0n) is 11.9. The van der Waals surface area contributed by atoms with Crippen LogP contribution in [0.5, 0.6) is 5.75 Å². The Morgan fingerprint density at radius 3 is 2.52 bits per heavy atom. The van der Waals surface area contributed by atoms with Gasteiger partial charge < -0.3 is 4.74 Å². The summed E-state index contributed by atoms with van der Waals surface area (Å²) >= 11 is 0. The average molecular weight is 315 g/mol. The van der Waals surface area contributed by atoms with Crippen LogP contribution in [0.25, 0.3) is 22.5 Å². The van der Waals surface area contributed by atoms with Crippen molar-refractivity contribution in [2.45, 2.75) is 0 Å². The Hall–Kier alpha value is -3.36. The molecule has 0 amide bonds. The van der Waals surface area contributed by atoms with E-state index in [0.717, 1.165) is 12.1 Å². The maximum Gasteiger partial charge on any atom is 0.305 e. The molecule has 3 aromatic rings. The second-order valence-electron chi connectivity index (χ2n) is 4.57. The molecule has 1 aromatic heterocycles. The summed E-state index contributed by atoms with van der Waals surface area (Å²) in [4.78, 5) is 10.2. The van der Waals surface area contributed by atoms with Gasteiger partial charge in [0.1, 0.15) is 5.75 Å². The minimum Gasteiger partial charge on any atom is -0.497 e. The number of nitrogens with one attached hydrogen (secondary N) is 1. The summed E-state index contributed by atoms with van der Waals surface area (Å²) in [7, 11) is 1.53. The fourth-order valence-electron chi connectivity index (χ4n) is 2.17. The van der Waals surface area contributed by atoms with Crippen LogP contribution in [0.2, 0.25) is 0 Å². The Morgan fingerprint density at radius 2 is 1.96 bits per heavy atom. The molecule has 23 heavy (non-hydrogen) atoms. The highest BCUT2D eigenvalue weighted by molar-refractivity contribution is 5.82. The molecule has 9 heteroatoms. The van der Waals surface area contributed by atoms with Gasteiger partial charge in [0.2, 0.25) is 11.6 Å². The van der Waals surface area contributed by atoms with E-state index >= 15 is 0 Å². The molecule has 2 aromatic carbocycles. The van der Waals surface area contributed by atoms with Crippen molar-refractivity contribution in [3.63, 3.8) is 0 Å². The topological polar surface area (TPSA) is 107 Å². The van der Waals surface area contributed by atoms with Gasteiger partial charge in [-0.15, -0.1) is 10.2 Å². The molecule has 116 valence electrons. The highest BCUT2D eigenvalue weighted by atomic mass is 19.1. The lowest BCUT2D eigenvalue weighted by Gasteiger charge is -2.08. The standard InChI is InChI=1S/C14H10FN5O3/c1-23-9-4-2-8(3-5-9)10-6-12(15)13(20(21)22)7-11(10)14-16-18-19-17-14/h2-7H,1H3,(H,16,17,18,19). The number of aromatic amines is 1. The highest BCUT2D eigenvalue weighted by Gasteiger charge is 2.22. The summed E-state index contributed by atoms with van der Waals surface area (Å²) in [6.45, 7) is 0. The second-order valence-corrected chi connectivity index (χ2v) is 4.57. The van der Waals surface area contributed by atoms with Gasteiger partial charge in [0.25, 0.3) is 0 Å². The molecule has 8 nitrogen and oxygen atoms in total. The third kappa shape index (κ3) is 2.71. The summed E-state index contributed by atoms with van der Waals surface area (Å²) in [6, 6.07) is 9.01. The van der Waals surface area contributed by atoms with E-state index in [1.807, 2.05) is 0 Å². The number of nitrogens with zero attached hydrogens (tertiary/aromatic N) is 4. The molecule has 1 N–H and O–H groups in total. The van der Waals surface area contributed by atoms with Crippen LogP contribution in [-0.4, -0.2) is 32.7 Å². The third-order valence-electron chi connectivity index (χ3n) is 3.27. The Bertz CT molecular complexity index is 850. The Morgan fingerprint density at radius 1 is 1.22 bits per heavy atom. The molecule has 0 aliphatic heterocycles. The lowest BCUT2D eigenvalue weighted by atomic mass is 9.98. The molecule has 0 fully saturated rings. The lowest BCUT2D eigenvalue weighted by Crippen LogP contribution is -1.97. The third-order valence-corrected chi connectivity index (χ3v) is 3.27. The van der Waals surface area contributed by atoms with Crippen LogP contribution in [0.15, 0.2) is 36.4 Å². The fourth-order valence-corrected chi connectivity index (χ4v) is 2.17. The molecule has 0 radical (unpaired) electrons. The van der Waals surface area contributed by atoms with Crippen molar-refractivity contribution in [2.75, 3.05) is 7.11 Å². The van der Waals surface area contributed by atoms with Crippen molar-refractivity contribution >= 4 is 5.69 Å². The van der Waals surface area contributed by atoms with Crippen molar-refractivity contribution in [1.29, 1.82) is 0 Å². The summed E-state index contributed by atoms with van der Waals surface area (Å²) in [5, 5.41) is 24.3. The van der Waals surface area contributed by atoms with Gasteiger partial charge >= 0.3 is 5.69 Å². The van der Waals surface area contributed by atoms with Crippen molar-refractivity contribution in [2.24, 2.45) is 0 Å². The van der Waals surface area contributed by atoms with E-state index in [2.05, 4.69) is 20.6 Å². The zero-order chi connectivity index (χ0) is 16.4. The molecule has 0 aliphatic carbocycles. The van der Waals surface area contributed by atoms with E-state index in [0.29, 0.717) is 22.4 Å². The van der Waals surface area contributed by atoms with Gasteiger partial charge in [-0.05, 0) is 34.5 Å². The first-order valence-electron chi connectivity index (χ1n) is 6.46. The van der Waals surface area contributed by atoms with Crippen LogP contribution in [0.4, 0.5) is 10.1 Å². The fraction of sp³-hybridized carbons (Fsp3) is 0.0714. The Balaban J connectivity index is 2.21. The first-order chi connectivity index (χ1) is 11.1. The Kier molecular flexibility index (Phi) is 3.67. The number of ether oxygens (including phenoxy) is 1. The van der Waals surface area contributed by atoms with E-state index in [1.54, 1.807) is 24.3 Å². The summed E-state index contributed by atoms with van der Waals surface area (Å²) < 4.78 is 19.1. The maximum atomic E-state index is 14.0. The van der Waals surface area contributed by atoms with Crippen molar-refractivity contribution in [1.82, 2.24) is 20.6 Å². The van der Waals surface area contributed by atoms with E-state index in [4.69, 9.17) is 4.74 Å². The first-order valence-corrected chi connectivity index (χ1v) is 6.46. The van der Waals surface area contributed by atoms with Crippen LogP contribution in [0, 0.1) is 15.9 Å². The van der Waals surface area contributed by atoms with Gasteiger partial charge in [-0.2, -0.15) is 9.60 Å².